The Morgan fingerprint density at radius 1 is 0.560 bits per heavy atom. The van der Waals surface area contributed by atoms with E-state index in [9.17, 15) is 19.2 Å². The maximum atomic E-state index is 10.6. The van der Waals surface area contributed by atoms with Gasteiger partial charge in [0.2, 0.25) is 0 Å². The molecule has 0 amide bonds. The van der Waals surface area contributed by atoms with Gasteiger partial charge in [-0.15, -0.1) is 0 Å². The molecule has 0 saturated carbocycles. The maximum Gasteiger partial charge on any atom is 1.00 e. The minimum atomic E-state index is -1.23. The molecule has 8 N–H and O–H groups in total. The van der Waals surface area contributed by atoms with Crippen LogP contribution in [0.15, 0.2) is 0 Å². The third-order valence-electron chi connectivity index (χ3n) is 2.17. The van der Waals surface area contributed by atoms with Crippen LogP contribution in [0.5, 0.6) is 0 Å². The van der Waals surface area contributed by atoms with Gasteiger partial charge in [0, 0.05) is 13.1 Å². The van der Waals surface area contributed by atoms with Crippen LogP contribution in [-0.2, 0) is 19.2 Å². The molecule has 0 fully saturated rings. The molecule has 0 atom stereocenters. The zero-order valence-corrected chi connectivity index (χ0v) is 20.6. The number of carboxylic acid groups (broad SMARTS) is 4. The van der Waals surface area contributed by atoms with Crippen molar-refractivity contribution in [3.8, 4) is 0 Å². The molecule has 0 aliphatic rings. The molecule has 0 radical (unpaired) electrons. The van der Waals surface area contributed by atoms with Gasteiger partial charge in [-0.05, 0) is 0 Å². The fraction of sp³-hybridized carbons (Fsp3) is 0.600. The van der Waals surface area contributed by atoms with Crippen molar-refractivity contribution in [1.82, 2.24) is 9.80 Å². The first-order valence-electron chi connectivity index (χ1n) is 5.52. The van der Waals surface area contributed by atoms with Gasteiger partial charge in [0.15, 0.2) is 0 Å². The van der Waals surface area contributed by atoms with Crippen molar-refractivity contribution >= 4 is 23.9 Å². The van der Waals surface area contributed by atoms with Crippen LogP contribution in [0.4, 0.5) is 0 Å². The molecule has 0 rings (SSSR count). The minimum absolute atomic E-state index is 0. The molecule has 0 aliphatic heterocycles. The van der Waals surface area contributed by atoms with E-state index in [1.807, 2.05) is 0 Å². The van der Waals surface area contributed by atoms with Gasteiger partial charge in [0.25, 0.3) is 0 Å². The van der Waals surface area contributed by atoms with Crippen molar-refractivity contribution in [2.75, 3.05) is 39.3 Å². The summed E-state index contributed by atoms with van der Waals surface area (Å²) < 4.78 is 0. The number of rotatable bonds is 11. The van der Waals surface area contributed by atoms with Crippen molar-refractivity contribution in [3.63, 3.8) is 0 Å². The van der Waals surface area contributed by atoms with E-state index in [-0.39, 0.29) is 117 Å². The zero-order chi connectivity index (χ0) is 15.7. The van der Waals surface area contributed by atoms with Crippen molar-refractivity contribution in [1.29, 1.82) is 0 Å². The number of aliphatic carboxylic acids is 4. The first kappa shape index (κ1) is 40.4. The Morgan fingerprint density at radius 3 is 0.840 bits per heavy atom. The van der Waals surface area contributed by atoms with E-state index in [4.69, 9.17) is 20.4 Å². The minimum Gasteiger partial charge on any atom is -1.00 e. The number of carbonyl (C=O) groups is 4. The number of carboxylic acids is 4. The average Bonchev–Trinajstić information content (AvgIpc) is 2.22. The van der Waals surface area contributed by atoms with Crippen LogP contribution in [0.1, 0.15) is 4.28 Å². The monoisotopic (exact) mass is 400 g/mol. The Balaban J connectivity index is -0.0000000645. The summed E-state index contributed by atoms with van der Waals surface area (Å²) in [6.45, 7) is -2.25. The molecule has 0 aromatic rings. The van der Waals surface area contributed by atoms with Gasteiger partial charge < -0.3 is 35.7 Å². The summed E-state index contributed by atoms with van der Waals surface area (Å²) in [7, 11) is 0. The standard InChI is InChI=1S/C10H16N2O8.3Na.2H2O.3H/c13-7(14)3-11(4-8(15)16)1-2-12(5-9(17)18)6-10(19)20;;;;;;;;/h1-6H2,(H,13,14)(H,15,16)(H,17,18)(H,19,20);;;;2*1H2;;;/q;3*+1;;;3*-1. The van der Waals surface area contributed by atoms with Crippen molar-refractivity contribution in [2.45, 2.75) is 0 Å². The molecule has 0 heterocycles. The SMILES string of the molecule is O.O.O=C(O)CN(CCN(CC(=O)O)CC(=O)O)CC(=O)O.[H-].[H-].[H-].[Na+].[Na+].[Na+]. The summed E-state index contributed by atoms with van der Waals surface area (Å²) in [6, 6.07) is 0. The first-order chi connectivity index (χ1) is 9.20. The van der Waals surface area contributed by atoms with E-state index in [1.165, 1.54) is 0 Å². The molecule has 0 spiro atoms. The summed E-state index contributed by atoms with van der Waals surface area (Å²) in [5, 5.41) is 34.5. The Labute approximate surface area is 214 Å². The van der Waals surface area contributed by atoms with Crippen LogP contribution in [0.2, 0.25) is 0 Å². The Bertz CT molecular complexity index is 345. The number of hydrogen-bond acceptors (Lipinski definition) is 6. The smallest absolute Gasteiger partial charge is 1.00 e. The molecule has 0 aliphatic carbocycles. The molecule has 136 valence electrons. The molecule has 0 aromatic carbocycles. The van der Waals surface area contributed by atoms with Crippen LogP contribution in [0, 0.1) is 0 Å². The molecule has 25 heavy (non-hydrogen) atoms. The average molecular weight is 400 g/mol. The number of hydrogen-bond donors (Lipinski definition) is 4. The van der Waals surface area contributed by atoms with E-state index in [2.05, 4.69) is 0 Å². The molecule has 0 saturated heterocycles. The summed E-state index contributed by atoms with van der Waals surface area (Å²) in [5.74, 6) is -4.91. The van der Waals surface area contributed by atoms with E-state index in [0.717, 1.165) is 9.80 Å². The fourth-order valence-electron chi connectivity index (χ4n) is 1.48. The van der Waals surface area contributed by atoms with Crippen LogP contribution < -0.4 is 88.7 Å². The Morgan fingerprint density at radius 2 is 0.720 bits per heavy atom. The normalized spacial score (nSPS) is 8.56. The zero-order valence-electron chi connectivity index (χ0n) is 17.6. The Kier molecular flexibility index (Phi) is 36.8. The van der Waals surface area contributed by atoms with E-state index < -0.39 is 50.1 Å². The third-order valence-corrected chi connectivity index (χ3v) is 2.17. The molecule has 0 aromatic heterocycles. The second kappa shape index (κ2) is 22.8. The van der Waals surface area contributed by atoms with Crippen LogP contribution in [0.3, 0.4) is 0 Å². The van der Waals surface area contributed by atoms with Crippen LogP contribution in [-0.4, -0.2) is 104 Å². The van der Waals surface area contributed by atoms with E-state index in [1.54, 1.807) is 0 Å². The van der Waals surface area contributed by atoms with Gasteiger partial charge in [-0.25, -0.2) is 0 Å². The van der Waals surface area contributed by atoms with Crippen LogP contribution >= 0.6 is 0 Å². The predicted octanol–water partition coefficient (Wildman–Crippen LogP) is -12.4. The summed E-state index contributed by atoms with van der Waals surface area (Å²) in [6.07, 6.45) is 0. The van der Waals surface area contributed by atoms with Gasteiger partial charge in [0.05, 0.1) is 26.2 Å². The quantitative estimate of drug-likeness (QED) is 0.240. The van der Waals surface area contributed by atoms with Crippen molar-refractivity contribution < 1.29 is 144 Å². The van der Waals surface area contributed by atoms with Crippen LogP contribution in [0.25, 0.3) is 0 Å². The fourth-order valence-corrected chi connectivity index (χ4v) is 1.48. The summed E-state index contributed by atoms with van der Waals surface area (Å²) in [5.41, 5.74) is 0. The van der Waals surface area contributed by atoms with Gasteiger partial charge in [-0.2, -0.15) is 0 Å². The van der Waals surface area contributed by atoms with E-state index in [0.29, 0.717) is 0 Å². The second-order valence-electron chi connectivity index (χ2n) is 4.00. The first-order valence-corrected chi connectivity index (χ1v) is 5.52. The largest absolute Gasteiger partial charge is 1.00 e. The maximum absolute atomic E-state index is 10.6. The van der Waals surface area contributed by atoms with Gasteiger partial charge >= 0.3 is 113 Å². The second-order valence-corrected chi connectivity index (χ2v) is 4.00. The molecule has 15 heteroatoms. The molecule has 12 nitrogen and oxygen atoms in total. The third kappa shape index (κ3) is 27.0. The van der Waals surface area contributed by atoms with Crippen molar-refractivity contribution in [3.05, 3.63) is 0 Å². The Hall–Kier alpha value is 0.720. The summed E-state index contributed by atoms with van der Waals surface area (Å²) >= 11 is 0. The molecule has 0 bridgehead atoms. The molecule has 0 unspecified atom stereocenters. The molecular weight excluding hydrogens is 377 g/mol. The van der Waals surface area contributed by atoms with Gasteiger partial charge in [-0.1, -0.05) is 0 Å². The predicted molar refractivity (Wildman–Crippen MR) is 74.0 cm³/mol. The van der Waals surface area contributed by atoms with Gasteiger partial charge in [-0.3, -0.25) is 29.0 Å². The van der Waals surface area contributed by atoms with E-state index >= 15 is 0 Å². The number of nitrogens with zero attached hydrogens (tertiary/aromatic N) is 2. The van der Waals surface area contributed by atoms with Gasteiger partial charge in [0.1, 0.15) is 0 Å². The topological polar surface area (TPSA) is 219 Å². The van der Waals surface area contributed by atoms with Crippen molar-refractivity contribution in [2.24, 2.45) is 0 Å². The molecular formula is C10H23N2Na3O10. The summed E-state index contributed by atoms with van der Waals surface area (Å²) in [4.78, 5) is 44.4.